The number of hydrogen-bond acceptors (Lipinski definition) is 3. The minimum atomic E-state index is -0.226. The van der Waals surface area contributed by atoms with E-state index in [1.807, 2.05) is 6.07 Å². The Labute approximate surface area is 125 Å². The summed E-state index contributed by atoms with van der Waals surface area (Å²) in [5.74, 6) is 5.93. The van der Waals surface area contributed by atoms with Crippen LogP contribution >= 0.6 is 0 Å². The summed E-state index contributed by atoms with van der Waals surface area (Å²) in [4.78, 5) is 2.23. The fraction of sp³-hybridized carbons (Fsp3) is 0.529. The Kier molecular flexibility index (Phi) is 6.19. The molecule has 3 nitrogen and oxygen atoms in total. The first-order valence-corrected chi connectivity index (χ1v) is 7.44. The Hall–Kier alpha value is -1.41. The van der Waals surface area contributed by atoms with Gasteiger partial charge in [-0.1, -0.05) is 17.9 Å². The maximum absolute atomic E-state index is 14.1. The number of nitrogens with zero attached hydrogens (tertiary/aromatic N) is 1. The van der Waals surface area contributed by atoms with E-state index in [-0.39, 0.29) is 19.0 Å². The molecule has 1 aromatic carbocycles. The molecule has 1 aliphatic rings. The molecule has 1 fully saturated rings. The van der Waals surface area contributed by atoms with E-state index < -0.39 is 0 Å². The van der Waals surface area contributed by atoms with E-state index >= 15 is 0 Å². The topological polar surface area (TPSA) is 43.7 Å². The molecular formula is C17H22FNO2. The number of hydrogen-bond donors (Lipinski definition) is 2. The van der Waals surface area contributed by atoms with Crippen molar-refractivity contribution in [3.63, 3.8) is 0 Å². The van der Waals surface area contributed by atoms with Gasteiger partial charge in [0.1, 0.15) is 5.82 Å². The molecule has 114 valence electrons. The van der Waals surface area contributed by atoms with E-state index in [1.165, 1.54) is 6.07 Å². The van der Waals surface area contributed by atoms with Crippen molar-refractivity contribution in [2.24, 2.45) is 5.92 Å². The Bertz CT molecular complexity index is 521. The predicted octanol–water partition coefficient (Wildman–Crippen LogP) is 1.76. The Morgan fingerprint density at radius 2 is 2.14 bits per heavy atom. The zero-order valence-corrected chi connectivity index (χ0v) is 12.2. The number of likely N-dealkylation sites (tertiary alicyclic amines) is 1. The van der Waals surface area contributed by atoms with Gasteiger partial charge in [-0.3, -0.25) is 4.90 Å². The highest BCUT2D eigenvalue weighted by molar-refractivity contribution is 5.37. The van der Waals surface area contributed by atoms with Gasteiger partial charge < -0.3 is 10.2 Å². The highest BCUT2D eigenvalue weighted by Crippen LogP contribution is 2.22. The van der Waals surface area contributed by atoms with Crippen molar-refractivity contribution in [3.8, 4) is 11.8 Å². The molecular weight excluding hydrogens is 269 g/mol. The molecule has 0 bridgehead atoms. The van der Waals surface area contributed by atoms with Gasteiger partial charge in [-0.25, -0.2) is 4.39 Å². The van der Waals surface area contributed by atoms with E-state index in [0.717, 1.165) is 25.9 Å². The van der Waals surface area contributed by atoms with Crippen molar-refractivity contribution in [1.82, 2.24) is 4.90 Å². The lowest BCUT2D eigenvalue weighted by molar-refractivity contribution is 0.248. The van der Waals surface area contributed by atoms with Crippen LogP contribution in [0.5, 0.6) is 0 Å². The molecule has 21 heavy (non-hydrogen) atoms. The van der Waals surface area contributed by atoms with Crippen LogP contribution in [0.25, 0.3) is 0 Å². The van der Waals surface area contributed by atoms with Gasteiger partial charge >= 0.3 is 0 Å². The quantitative estimate of drug-likeness (QED) is 0.813. The number of halogens is 1. The summed E-state index contributed by atoms with van der Waals surface area (Å²) in [5.41, 5.74) is 1.33. The van der Waals surface area contributed by atoms with Crippen LogP contribution in [0.15, 0.2) is 18.2 Å². The lowest BCUT2D eigenvalue weighted by atomic mass is 10.1. The summed E-state index contributed by atoms with van der Waals surface area (Å²) < 4.78 is 14.1. The van der Waals surface area contributed by atoms with Crippen LogP contribution in [0.2, 0.25) is 0 Å². The molecule has 4 heteroatoms. The Morgan fingerprint density at radius 1 is 1.29 bits per heavy atom. The van der Waals surface area contributed by atoms with Gasteiger partial charge in [0.05, 0.1) is 6.61 Å². The summed E-state index contributed by atoms with van der Waals surface area (Å²) in [6.45, 7) is 2.75. The summed E-state index contributed by atoms with van der Waals surface area (Å²) >= 11 is 0. The van der Waals surface area contributed by atoms with Gasteiger partial charge in [-0.2, -0.15) is 0 Å². The molecule has 1 aromatic rings. The molecule has 1 heterocycles. The number of aliphatic hydroxyl groups is 2. The second-order valence-corrected chi connectivity index (χ2v) is 5.48. The van der Waals surface area contributed by atoms with E-state index in [0.29, 0.717) is 30.0 Å². The first-order chi connectivity index (χ1) is 10.2. The van der Waals surface area contributed by atoms with Crippen LogP contribution < -0.4 is 0 Å². The monoisotopic (exact) mass is 291 g/mol. The van der Waals surface area contributed by atoms with Crippen molar-refractivity contribution < 1.29 is 14.6 Å². The molecule has 0 spiro atoms. The van der Waals surface area contributed by atoms with Gasteiger partial charge in [0.25, 0.3) is 0 Å². The zero-order valence-electron chi connectivity index (χ0n) is 12.2. The fourth-order valence-electron chi connectivity index (χ4n) is 2.69. The van der Waals surface area contributed by atoms with Crippen molar-refractivity contribution in [3.05, 3.63) is 35.1 Å². The van der Waals surface area contributed by atoms with E-state index in [2.05, 4.69) is 16.7 Å². The minimum absolute atomic E-state index is 0.0253. The Morgan fingerprint density at radius 3 is 2.86 bits per heavy atom. The second kappa shape index (κ2) is 8.14. The van der Waals surface area contributed by atoms with Gasteiger partial charge in [0.15, 0.2) is 0 Å². The minimum Gasteiger partial charge on any atom is -0.396 e. The largest absolute Gasteiger partial charge is 0.396 e. The van der Waals surface area contributed by atoms with Crippen molar-refractivity contribution in [2.75, 3.05) is 26.3 Å². The smallest absolute Gasteiger partial charge is 0.128 e. The number of aliphatic hydroxyl groups excluding tert-OH is 2. The maximum Gasteiger partial charge on any atom is 0.128 e. The van der Waals surface area contributed by atoms with Crippen LogP contribution in [0.3, 0.4) is 0 Å². The van der Waals surface area contributed by atoms with E-state index in [4.69, 9.17) is 10.2 Å². The molecule has 0 aliphatic carbocycles. The van der Waals surface area contributed by atoms with Crippen LogP contribution in [0.1, 0.15) is 30.4 Å². The van der Waals surface area contributed by atoms with Crippen LogP contribution in [-0.2, 0) is 6.54 Å². The third-order valence-electron chi connectivity index (χ3n) is 3.82. The van der Waals surface area contributed by atoms with Gasteiger partial charge in [-0.15, -0.1) is 0 Å². The molecule has 2 rings (SSSR count). The second-order valence-electron chi connectivity index (χ2n) is 5.48. The average molecular weight is 291 g/mol. The standard InChI is InChI=1S/C17H22FNO2/c18-17-11-14(3-1-2-9-20)4-5-16(17)13-19-8-6-15(12-19)7-10-21/h4-5,11,15,20-21H,2,6-10,12-13H2. The highest BCUT2D eigenvalue weighted by atomic mass is 19.1. The normalized spacial score (nSPS) is 18.5. The lowest BCUT2D eigenvalue weighted by Crippen LogP contribution is -2.21. The van der Waals surface area contributed by atoms with Crippen molar-refractivity contribution in [1.29, 1.82) is 0 Å². The van der Waals surface area contributed by atoms with Gasteiger partial charge in [0, 0.05) is 37.2 Å². The summed E-state index contributed by atoms with van der Waals surface area (Å²) in [6.07, 6.45) is 2.31. The zero-order chi connectivity index (χ0) is 15.1. The number of benzene rings is 1. The summed E-state index contributed by atoms with van der Waals surface area (Å²) in [5, 5.41) is 17.6. The van der Waals surface area contributed by atoms with Crippen LogP contribution in [0.4, 0.5) is 4.39 Å². The molecule has 2 N–H and O–H groups in total. The third kappa shape index (κ3) is 4.82. The number of rotatable bonds is 5. The van der Waals surface area contributed by atoms with Crippen molar-refractivity contribution in [2.45, 2.75) is 25.8 Å². The summed E-state index contributed by atoms with van der Waals surface area (Å²) in [7, 11) is 0. The highest BCUT2D eigenvalue weighted by Gasteiger charge is 2.22. The van der Waals surface area contributed by atoms with Gasteiger partial charge in [0.2, 0.25) is 0 Å². The lowest BCUT2D eigenvalue weighted by Gasteiger charge is -2.16. The van der Waals surface area contributed by atoms with Crippen LogP contribution in [-0.4, -0.2) is 41.4 Å². The SMILES string of the molecule is OCCC#Cc1ccc(CN2CCC(CCO)C2)c(F)c1. The van der Waals surface area contributed by atoms with Crippen molar-refractivity contribution >= 4 is 0 Å². The van der Waals surface area contributed by atoms with E-state index in [1.54, 1.807) is 6.07 Å². The Balaban J connectivity index is 1.94. The first-order valence-electron chi connectivity index (χ1n) is 7.44. The molecule has 1 unspecified atom stereocenters. The molecule has 1 atom stereocenters. The predicted molar refractivity (Wildman–Crippen MR) is 80.1 cm³/mol. The van der Waals surface area contributed by atoms with Crippen LogP contribution in [0, 0.1) is 23.6 Å². The molecule has 0 aromatic heterocycles. The van der Waals surface area contributed by atoms with E-state index in [9.17, 15) is 4.39 Å². The molecule has 1 saturated heterocycles. The molecule has 0 saturated carbocycles. The summed E-state index contributed by atoms with van der Waals surface area (Å²) in [6, 6.07) is 5.07. The first kappa shape index (κ1) is 16.0. The molecule has 0 radical (unpaired) electrons. The maximum atomic E-state index is 14.1. The third-order valence-corrected chi connectivity index (χ3v) is 3.82. The average Bonchev–Trinajstić information content (AvgIpc) is 2.90. The van der Waals surface area contributed by atoms with Gasteiger partial charge in [-0.05, 0) is 37.4 Å². The molecule has 1 aliphatic heterocycles. The molecule has 0 amide bonds. The fourth-order valence-corrected chi connectivity index (χ4v) is 2.69.